The normalized spacial score (nSPS) is 17.1. The number of para-hydroxylation sites is 3. The number of rotatable bonds is 8. The van der Waals surface area contributed by atoms with Crippen LogP contribution < -0.4 is 15.5 Å². The lowest BCUT2D eigenvalue weighted by atomic mass is 10.1. The molecule has 1 aliphatic rings. The first-order valence-corrected chi connectivity index (χ1v) is 11.4. The number of carbonyl (C=O) groups is 3. The number of imidazole rings is 1. The summed E-state index contributed by atoms with van der Waals surface area (Å²) in [4.78, 5) is 46.8. The van der Waals surface area contributed by atoms with Crippen LogP contribution in [0.1, 0.15) is 24.7 Å². The van der Waals surface area contributed by atoms with E-state index in [1.54, 1.807) is 42.1 Å². The molecular formula is C22H23N5O3S. The number of hydrogen-bond acceptors (Lipinski definition) is 5. The van der Waals surface area contributed by atoms with Crippen LogP contribution in [-0.4, -0.2) is 45.9 Å². The highest BCUT2D eigenvalue weighted by Gasteiger charge is 2.40. The fraction of sp³-hybridized carbons (Fsp3) is 0.273. The number of hydrogen-bond donors (Lipinski definition) is 3. The van der Waals surface area contributed by atoms with Crippen LogP contribution in [0.2, 0.25) is 0 Å². The van der Waals surface area contributed by atoms with E-state index in [-0.39, 0.29) is 18.4 Å². The van der Waals surface area contributed by atoms with Crippen LogP contribution in [0.15, 0.2) is 54.6 Å². The van der Waals surface area contributed by atoms with Gasteiger partial charge in [-0.3, -0.25) is 9.59 Å². The standard InChI is InChI=1S/C22H23N5O3S/c1-31-12-11-17(20-24-15-9-5-6-10-16(15)25-20)23-19(28)13-18-21(29)27(22(30)26-18)14-7-3-2-4-8-14/h2-10,17-18H,11-13H2,1H3,(H,23,28)(H,24,25)(H,26,30)/t17-,18+/m0/s1. The topological polar surface area (TPSA) is 107 Å². The number of carbonyl (C=O) groups excluding carboxylic acids is 3. The number of imide groups is 1. The van der Waals surface area contributed by atoms with Crippen LogP contribution in [0.5, 0.6) is 0 Å². The third kappa shape index (κ3) is 4.56. The van der Waals surface area contributed by atoms with E-state index in [1.807, 2.05) is 30.5 Å². The van der Waals surface area contributed by atoms with E-state index in [0.717, 1.165) is 21.7 Å². The summed E-state index contributed by atoms with van der Waals surface area (Å²) in [6, 6.07) is 14.6. The van der Waals surface area contributed by atoms with Crippen molar-refractivity contribution >= 4 is 46.3 Å². The van der Waals surface area contributed by atoms with E-state index >= 15 is 0 Å². The molecular weight excluding hydrogens is 414 g/mol. The van der Waals surface area contributed by atoms with Crippen molar-refractivity contribution in [3.8, 4) is 0 Å². The molecule has 0 bridgehead atoms. The van der Waals surface area contributed by atoms with Crippen molar-refractivity contribution < 1.29 is 14.4 Å². The molecule has 0 unspecified atom stereocenters. The minimum Gasteiger partial charge on any atom is -0.346 e. The maximum Gasteiger partial charge on any atom is 0.329 e. The quantitative estimate of drug-likeness (QED) is 0.470. The van der Waals surface area contributed by atoms with Gasteiger partial charge >= 0.3 is 6.03 Å². The molecule has 2 atom stereocenters. The third-order valence-corrected chi connectivity index (χ3v) is 5.75. The first kappa shape index (κ1) is 20.9. The van der Waals surface area contributed by atoms with Crippen LogP contribution in [0.4, 0.5) is 10.5 Å². The van der Waals surface area contributed by atoms with Gasteiger partial charge < -0.3 is 15.6 Å². The molecule has 0 saturated carbocycles. The zero-order valence-corrected chi connectivity index (χ0v) is 17.8. The number of aromatic amines is 1. The molecule has 3 N–H and O–H groups in total. The second-order valence-corrected chi connectivity index (χ2v) is 8.24. The lowest BCUT2D eigenvalue weighted by Gasteiger charge is -2.17. The van der Waals surface area contributed by atoms with Crippen molar-refractivity contribution in [2.24, 2.45) is 0 Å². The van der Waals surface area contributed by atoms with E-state index in [0.29, 0.717) is 17.9 Å². The van der Waals surface area contributed by atoms with Gasteiger partial charge in [0.1, 0.15) is 11.9 Å². The predicted octanol–water partition coefficient (Wildman–Crippen LogP) is 2.99. The Morgan fingerprint density at radius 2 is 1.90 bits per heavy atom. The number of nitrogens with one attached hydrogen (secondary N) is 3. The number of nitrogens with zero attached hydrogens (tertiary/aromatic N) is 2. The Kier molecular flexibility index (Phi) is 6.22. The number of benzene rings is 2. The summed E-state index contributed by atoms with van der Waals surface area (Å²) in [5.74, 6) is 0.759. The molecule has 2 heterocycles. The molecule has 0 aliphatic carbocycles. The van der Waals surface area contributed by atoms with Crippen molar-refractivity contribution in [3.63, 3.8) is 0 Å². The van der Waals surface area contributed by atoms with Crippen LogP contribution in [0, 0.1) is 0 Å². The lowest BCUT2D eigenvalue weighted by Crippen LogP contribution is -2.38. The Labute approximate surface area is 183 Å². The highest BCUT2D eigenvalue weighted by Crippen LogP contribution is 2.22. The predicted molar refractivity (Wildman–Crippen MR) is 121 cm³/mol. The molecule has 1 saturated heterocycles. The Morgan fingerprint density at radius 1 is 1.16 bits per heavy atom. The molecule has 2 aromatic carbocycles. The van der Waals surface area contributed by atoms with Crippen molar-refractivity contribution in [2.75, 3.05) is 16.9 Å². The second kappa shape index (κ2) is 9.22. The number of H-pyrrole nitrogens is 1. The first-order chi connectivity index (χ1) is 15.1. The monoisotopic (exact) mass is 437 g/mol. The van der Waals surface area contributed by atoms with Crippen LogP contribution >= 0.6 is 11.8 Å². The van der Waals surface area contributed by atoms with Gasteiger partial charge in [0.25, 0.3) is 5.91 Å². The Morgan fingerprint density at radius 3 is 2.65 bits per heavy atom. The summed E-state index contributed by atoms with van der Waals surface area (Å²) < 4.78 is 0. The zero-order valence-electron chi connectivity index (χ0n) is 17.0. The fourth-order valence-corrected chi connectivity index (χ4v) is 4.05. The van der Waals surface area contributed by atoms with E-state index in [9.17, 15) is 14.4 Å². The van der Waals surface area contributed by atoms with Crippen molar-refractivity contribution in [1.29, 1.82) is 0 Å². The number of urea groups is 1. The molecule has 1 fully saturated rings. The minimum atomic E-state index is -0.899. The van der Waals surface area contributed by atoms with Crippen molar-refractivity contribution in [2.45, 2.75) is 24.9 Å². The number of anilines is 1. The summed E-state index contributed by atoms with van der Waals surface area (Å²) in [7, 11) is 0. The highest BCUT2D eigenvalue weighted by molar-refractivity contribution is 7.98. The maximum absolute atomic E-state index is 12.8. The average molecular weight is 438 g/mol. The van der Waals surface area contributed by atoms with Gasteiger partial charge in [-0.25, -0.2) is 14.7 Å². The molecule has 160 valence electrons. The molecule has 31 heavy (non-hydrogen) atoms. The van der Waals surface area contributed by atoms with E-state index in [4.69, 9.17) is 0 Å². The number of fused-ring (bicyclic) bond motifs is 1. The molecule has 0 radical (unpaired) electrons. The van der Waals surface area contributed by atoms with Crippen LogP contribution in [0.25, 0.3) is 11.0 Å². The van der Waals surface area contributed by atoms with Crippen LogP contribution in [-0.2, 0) is 9.59 Å². The second-order valence-electron chi connectivity index (χ2n) is 7.26. The number of thioether (sulfide) groups is 1. The van der Waals surface area contributed by atoms with Gasteiger partial charge in [-0.15, -0.1) is 0 Å². The summed E-state index contributed by atoms with van der Waals surface area (Å²) in [6.45, 7) is 0. The maximum atomic E-state index is 12.8. The molecule has 1 aliphatic heterocycles. The van der Waals surface area contributed by atoms with Gasteiger partial charge in [0.15, 0.2) is 0 Å². The summed E-state index contributed by atoms with van der Waals surface area (Å²) in [5.41, 5.74) is 2.21. The molecule has 3 aromatic rings. The molecule has 4 amide bonds. The lowest BCUT2D eigenvalue weighted by molar-refractivity contribution is -0.126. The first-order valence-electron chi connectivity index (χ1n) is 9.99. The average Bonchev–Trinajstić information content (AvgIpc) is 3.32. The van der Waals surface area contributed by atoms with Crippen LogP contribution in [0.3, 0.4) is 0 Å². The minimum absolute atomic E-state index is 0.135. The molecule has 8 nitrogen and oxygen atoms in total. The smallest absolute Gasteiger partial charge is 0.329 e. The Hall–Kier alpha value is -3.33. The Balaban J connectivity index is 1.45. The number of aromatic nitrogens is 2. The van der Waals surface area contributed by atoms with Gasteiger partial charge in [-0.1, -0.05) is 30.3 Å². The summed E-state index contributed by atoms with van der Waals surface area (Å²) in [6.07, 6.45) is 2.56. The summed E-state index contributed by atoms with van der Waals surface area (Å²) >= 11 is 1.68. The molecule has 4 rings (SSSR count). The molecule has 9 heteroatoms. The van der Waals surface area contributed by atoms with E-state index in [1.165, 1.54) is 0 Å². The van der Waals surface area contributed by atoms with Gasteiger partial charge in [0, 0.05) is 0 Å². The van der Waals surface area contributed by atoms with Crippen molar-refractivity contribution in [3.05, 3.63) is 60.4 Å². The van der Waals surface area contributed by atoms with E-state index in [2.05, 4.69) is 20.6 Å². The third-order valence-electron chi connectivity index (χ3n) is 5.11. The number of amides is 4. The zero-order chi connectivity index (χ0) is 21.8. The van der Waals surface area contributed by atoms with Gasteiger partial charge in [-0.2, -0.15) is 11.8 Å². The highest BCUT2D eigenvalue weighted by atomic mass is 32.2. The SMILES string of the molecule is CSCC[C@H](NC(=O)C[C@H]1NC(=O)N(c2ccccc2)C1=O)c1nc2ccccc2[nH]1. The summed E-state index contributed by atoms with van der Waals surface area (Å²) in [5, 5.41) is 5.59. The van der Waals surface area contributed by atoms with E-state index < -0.39 is 18.0 Å². The Bertz CT molecular complexity index is 1070. The van der Waals surface area contributed by atoms with Gasteiger partial charge in [0.2, 0.25) is 5.91 Å². The van der Waals surface area contributed by atoms with Gasteiger partial charge in [0.05, 0.1) is 29.2 Å². The fourth-order valence-electron chi connectivity index (χ4n) is 3.58. The molecule has 1 aromatic heterocycles. The van der Waals surface area contributed by atoms with Gasteiger partial charge in [-0.05, 0) is 42.7 Å². The van der Waals surface area contributed by atoms with Crippen molar-refractivity contribution in [1.82, 2.24) is 20.6 Å². The largest absolute Gasteiger partial charge is 0.346 e. The molecule has 0 spiro atoms.